The number of rotatable bonds is 3. The Bertz CT molecular complexity index is 656. The van der Waals surface area contributed by atoms with Crippen molar-refractivity contribution in [1.29, 1.82) is 0 Å². The van der Waals surface area contributed by atoms with Gasteiger partial charge in [-0.05, 0) is 18.2 Å². The van der Waals surface area contributed by atoms with E-state index in [0.29, 0.717) is 10.7 Å². The van der Waals surface area contributed by atoms with Gasteiger partial charge in [-0.15, -0.1) is 0 Å². The average molecular weight is 319 g/mol. The summed E-state index contributed by atoms with van der Waals surface area (Å²) in [5, 5.41) is 0.606. The second-order valence-corrected chi connectivity index (χ2v) is 5.66. The van der Waals surface area contributed by atoms with Crippen LogP contribution in [0.3, 0.4) is 0 Å². The van der Waals surface area contributed by atoms with Gasteiger partial charge in [0.1, 0.15) is 11.6 Å². The van der Waals surface area contributed by atoms with Crippen LogP contribution in [0.4, 0.5) is 17.2 Å². The van der Waals surface area contributed by atoms with E-state index in [1.54, 1.807) is 19.4 Å². The lowest BCUT2D eigenvalue weighted by Crippen LogP contribution is -2.47. The normalized spacial score (nSPS) is 15.0. The molecule has 22 heavy (non-hydrogen) atoms. The summed E-state index contributed by atoms with van der Waals surface area (Å²) in [5.41, 5.74) is 7.46. The van der Waals surface area contributed by atoms with Gasteiger partial charge in [0, 0.05) is 37.9 Å². The molecule has 1 saturated heterocycles. The Labute approximate surface area is 135 Å². The maximum absolute atomic E-state index is 6.24. The molecule has 0 amide bonds. The molecule has 0 atom stereocenters. The molecular formula is C16H19ClN4O. The van der Waals surface area contributed by atoms with Crippen molar-refractivity contribution in [2.75, 3.05) is 48.8 Å². The molecular weight excluding hydrogens is 300 g/mol. The molecule has 0 bridgehead atoms. The van der Waals surface area contributed by atoms with Crippen molar-refractivity contribution in [1.82, 2.24) is 4.98 Å². The van der Waals surface area contributed by atoms with Crippen LogP contribution in [0.2, 0.25) is 5.02 Å². The topological polar surface area (TPSA) is 54.6 Å². The number of anilines is 3. The minimum atomic E-state index is 0.587. The smallest absolute Gasteiger partial charge is 0.147 e. The molecule has 1 aromatic carbocycles. The maximum atomic E-state index is 6.24. The molecule has 1 aromatic heterocycles. The Kier molecular flexibility index (Phi) is 4.24. The van der Waals surface area contributed by atoms with Crippen molar-refractivity contribution in [3.63, 3.8) is 0 Å². The minimum absolute atomic E-state index is 0.587. The van der Waals surface area contributed by atoms with Crippen LogP contribution in [0.25, 0.3) is 0 Å². The van der Waals surface area contributed by atoms with E-state index in [-0.39, 0.29) is 0 Å². The third-order valence-electron chi connectivity index (χ3n) is 3.84. The summed E-state index contributed by atoms with van der Waals surface area (Å²) >= 11 is 6.24. The lowest BCUT2D eigenvalue weighted by Gasteiger charge is -2.37. The summed E-state index contributed by atoms with van der Waals surface area (Å²) in [4.78, 5) is 8.89. The van der Waals surface area contributed by atoms with Gasteiger partial charge in [0.05, 0.1) is 24.0 Å². The number of ether oxygens (including phenoxy) is 1. The molecule has 3 rings (SSSR count). The highest BCUT2D eigenvalue weighted by atomic mass is 35.5. The number of pyridine rings is 1. The summed E-state index contributed by atoms with van der Waals surface area (Å²) in [5.74, 6) is 1.68. The zero-order valence-corrected chi connectivity index (χ0v) is 13.3. The van der Waals surface area contributed by atoms with Gasteiger partial charge in [-0.3, -0.25) is 0 Å². The molecule has 2 aromatic rings. The third kappa shape index (κ3) is 3.04. The Hall–Kier alpha value is -2.14. The van der Waals surface area contributed by atoms with Crippen molar-refractivity contribution in [3.05, 3.63) is 41.6 Å². The van der Waals surface area contributed by atoms with Crippen molar-refractivity contribution >= 4 is 28.8 Å². The van der Waals surface area contributed by atoms with Crippen LogP contribution in [-0.2, 0) is 0 Å². The predicted octanol–water partition coefficient (Wildman–Crippen LogP) is 2.65. The van der Waals surface area contributed by atoms with Crippen LogP contribution >= 0.6 is 11.6 Å². The first-order chi connectivity index (χ1) is 10.7. The fourth-order valence-corrected chi connectivity index (χ4v) is 2.96. The number of methoxy groups -OCH3 is 1. The number of halogens is 1. The van der Waals surface area contributed by atoms with Gasteiger partial charge in [0.2, 0.25) is 0 Å². The standard InChI is InChI=1S/C16H19ClN4O/c1-22-14-4-2-3-13(10-14)20-5-7-21(8-6-20)16-15(17)9-12(18)11-19-16/h2-4,9-11H,5-8,18H2,1H3. The highest BCUT2D eigenvalue weighted by molar-refractivity contribution is 6.33. The van der Waals surface area contributed by atoms with Gasteiger partial charge in [-0.25, -0.2) is 4.98 Å². The number of aromatic nitrogens is 1. The van der Waals surface area contributed by atoms with E-state index < -0.39 is 0 Å². The molecule has 0 radical (unpaired) electrons. The van der Waals surface area contributed by atoms with Crippen LogP contribution in [-0.4, -0.2) is 38.3 Å². The van der Waals surface area contributed by atoms with E-state index in [1.807, 2.05) is 12.1 Å². The lowest BCUT2D eigenvalue weighted by molar-refractivity contribution is 0.414. The predicted molar refractivity (Wildman–Crippen MR) is 91.1 cm³/mol. The Morgan fingerprint density at radius 3 is 2.55 bits per heavy atom. The largest absolute Gasteiger partial charge is 0.497 e. The second kappa shape index (κ2) is 6.32. The van der Waals surface area contributed by atoms with Gasteiger partial charge in [-0.2, -0.15) is 0 Å². The summed E-state index contributed by atoms with van der Waals surface area (Å²) in [6.45, 7) is 3.56. The molecule has 2 heterocycles. The van der Waals surface area contributed by atoms with Crippen LogP contribution in [0.1, 0.15) is 0 Å². The van der Waals surface area contributed by atoms with E-state index in [9.17, 15) is 0 Å². The van der Waals surface area contributed by atoms with Crippen LogP contribution < -0.4 is 20.3 Å². The summed E-state index contributed by atoms with van der Waals surface area (Å²) in [6, 6.07) is 9.88. The molecule has 5 nitrogen and oxygen atoms in total. The fraction of sp³-hybridized carbons (Fsp3) is 0.312. The van der Waals surface area contributed by atoms with E-state index in [1.165, 1.54) is 5.69 Å². The molecule has 116 valence electrons. The van der Waals surface area contributed by atoms with E-state index >= 15 is 0 Å². The van der Waals surface area contributed by atoms with Gasteiger partial charge >= 0.3 is 0 Å². The number of hydrogen-bond donors (Lipinski definition) is 1. The van der Waals surface area contributed by atoms with Crippen molar-refractivity contribution in [2.45, 2.75) is 0 Å². The fourth-order valence-electron chi connectivity index (χ4n) is 2.66. The van der Waals surface area contributed by atoms with Crippen molar-refractivity contribution in [3.8, 4) is 5.75 Å². The lowest BCUT2D eigenvalue weighted by atomic mass is 10.2. The minimum Gasteiger partial charge on any atom is -0.497 e. The monoisotopic (exact) mass is 318 g/mol. The maximum Gasteiger partial charge on any atom is 0.147 e. The zero-order valence-electron chi connectivity index (χ0n) is 12.5. The average Bonchev–Trinajstić information content (AvgIpc) is 2.55. The second-order valence-electron chi connectivity index (χ2n) is 5.25. The zero-order chi connectivity index (χ0) is 15.5. The summed E-state index contributed by atoms with van der Waals surface area (Å²) < 4.78 is 5.29. The van der Waals surface area contributed by atoms with Gasteiger partial charge < -0.3 is 20.3 Å². The molecule has 0 aliphatic carbocycles. The Morgan fingerprint density at radius 2 is 1.86 bits per heavy atom. The highest BCUT2D eigenvalue weighted by Crippen LogP contribution is 2.27. The van der Waals surface area contributed by atoms with Gasteiger partial charge in [0.15, 0.2) is 0 Å². The number of nitrogens with zero attached hydrogens (tertiary/aromatic N) is 3. The molecule has 0 spiro atoms. The van der Waals surface area contributed by atoms with E-state index in [2.05, 4.69) is 26.9 Å². The Morgan fingerprint density at radius 1 is 1.14 bits per heavy atom. The third-order valence-corrected chi connectivity index (χ3v) is 4.12. The molecule has 1 fully saturated rings. The number of benzene rings is 1. The molecule has 1 aliphatic heterocycles. The number of hydrogen-bond acceptors (Lipinski definition) is 5. The van der Waals surface area contributed by atoms with Crippen LogP contribution in [0, 0.1) is 0 Å². The first-order valence-corrected chi connectivity index (χ1v) is 7.60. The number of nitrogen functional groups attached to an aromatic ring is 1. The number of piperazine rings is 1. The molecule has 0 saturated carbocycles. The van der Waals surface area contributed by atoms with Crippen molar-refractivity contribution in [2.24, 2.45) is 0 Å². The molecule has 1 aliphatic rings. The van der Waals surface area contributed by atoms with Crippen LogP contribution in [0.15, 0.2) is 36.5 Å². The quantitative estimate of drug-likeness (QED) is 0.943. The van der Waals surface area contributed by atoms with E-state index in [0.717, 1.165) is 37.7 Å². The SMILES string of the molecule is COc1cccc(N2CCN(c3ncc(N)cc3Cl)CC2)c1. The van der Waals surface area contributed by atoms with Crippen molar-refractivity contribution < 1.29 is 4.74 Å². The first-order valence-electron chi connectivity index (χ1n) is 7.22. The van der Waals surface area contributed by atoms with E-state index in [4.69, 9.17) is 22.1 Å². The van der Waals surface area contributed by atoms with Gasteiger partial charge in [0.25, 0.3) is 0 Å². The first kappa shape index (κ1) is 14.8. The van der Waals surface area contributed by atoms with Crippen LogP contribution in [0.5, 0.6) is 5.75 Å². The van der Waals surface area contributed by atoms with Gasteiger partial charge in [-0.1, -0.05) is 17.7 Å². The molecule has 2 N–H and O–H groups in total. The summed E-state index contributed by atoms with van der Waals surface area (Å²) in [6.07, 6.45) is 1.65. The number of nitrogens with two attached hydrogens (primary N) is 1. The Balaban J connectivity index is 1.69. The molecule has 6 heteroatoms. The highest BCUT2D eigenvalue weighted by Gasteiger charge is 2.20. The summed E-state index contributed by atoms with van der Waals surface area (Å²) in [7, 11) is 1.69. The molecule has 0 unspecified atom stereocenters.